The first kappa shape index (κ1) is 12.6. The monoisotopic (exact) mass is 288 g/mol. The van der Waals surface area contributed by atoms with Crippen LogP contribution in [0.4, 0.5) is 8.78 Å². The molecule has 1 N–H and O–H groups in total. The lowest BCUT2D eigenvalue weighted by atomic mass is 10.0. The molecule has 3 rings (SSSR count). The first-order chi connectivity index (χ1) is 9.61. The van der Waals surface area contributed by atoms with E-state index in [1.807, 2.05) is 6.07 Å². The third-order valence-electron chi connectivity index (χ3n) is 3.09. The minimum atomic E-state index is -0.720. The average Bonchev–Trinajstić information content (AvgIpc) is 2.77. The quantitative estimate of drug-likeness (QED) is 0.696. The van der Waals surface area contributed by atoms with Crippen molar-refractivity contribution in [1.29, 1.82) is 5.26 Å². The van der Waals surface area contributed by atoms with E-state index < -0.39 is 11.6 Å². The van der Waals surface area contributed by atoms with Crippen LogP contribution in [-0.2, 0) is 0 Å². The molecule has 0 amide bonds. The predicted octanol–water partition coefficient (Wildman–Crippen LogP) is 4.64. The summed E-state index contributed by atoms with van der Waals surface area (Å²) in [7, 11) is 0. The smallest absolute Gasteiger partial charge is 0.134 e. The van der Waals surface area contributed by atoms with Gasteiger partial charge in [0, 0.05) is 21.5 Å². The van der Waals surface area contributed by atoms with E-state index in [-0.39, 0.29) is 16.8 Å². The number of H-pyrrole nitrogens is 1. The van der Waals surface area contributed by atoms with Crippen LogP contribution in [0.2, 0.25) is 5.02 Å². The zero-order chi connectivity index (χ0) is 14.3. The second-order valence-electron chi connectivity index (χ2n) is 4.27. The van der Waals surface area contributed by atoms with Gasteiger partial charge in [-0.15, -0.1) is 0 Å². The van der Waals surface area contributed by atoms with Crippen molar-refractivity contribution in [1.82, 2.24) is 4.98 Å². The van der Waals surface area contributed by atoms with E-state index in [0.29, 0.717) is 15.9 Å². The van der Waals surface area contributed by atoms with Crippen LogP contribution in [0.15, 0.2) is 36.4 Å². The second-order valence-corrected chi connectivity index (χ2v) is 4.71. The van der Waals surface area contributed by atoms with E-state index in [1.54, 1.807) is 18.2 Å². The topological polar surface area (TPSA) is 39.6 Å². The Morgan fingerprint density at radius 2 is 1.75 bits per heavy atom. The molecular formula is C15H7ClF2N2. The summed E-state index contributed by atoms with van der Waals surface area (Å²) in [5, 5.41) is 10.1. The number of nitriles is 1. The molecule has 0 aliphatic carbocycles. The lowest BCUT2D eigenvalue weighted by Gasteiger charge is -2.04. The second kappa shape index (κ2) is 4.62. The minimum absolute atomic E-state index is 0.103. The summed E-state index contributed by atoms with van der Waals surface area (Å²) in [5.41, 5.74) is 0.674. The van der Waals surface area contributed by atoms with Crippen molar-refractivity contribution in [3.63, 3.8) is 0 Å². The highest BCUT2D eigenvalue weighted by Gasteiger charge is 2.20. The van der Waals surface area contributed by atoms with Crippen molar-refractivity contribution >= 4 is 22.5 Å². The van der Waals surface area contributed by atoms with Gasteiger partial charge in [-0.2, -0.15) is 5.26 Å². The van der Waals surface area contributed by atoms with Gasteiger partial charge in [0.2, 0.25) is 0 Å². The molecule has 3 aromatic rings. The normalized spacial score (nSPS) is 10.7. The van der Waals surface area contributed by atoms with Crippen LogP contribution in [0.1, 0.15) is 5.69 Å². The predicted molar refractivity (Wildman–Crippen MR) is 73.4 cm³/mol. The van der Waals surface area contributed by atoms with E-state index in [1.165, 1.54) is 6.07 Å². The van der Waals surface area contributed by atoms with Crippen LogP contribution in [0.3, 0.4) is 0 Å². The molecule has 0 atom stereocenters. The molecule has 0 unspecified atom stereocenters. The first-order valence-electron chi connectivity index (χ1n) is 5.77. The van der Waals surface area contributed by atoms with Gasteiger partial charge in [0.1, 0.15) is 23.4 Å². The number of hydrogen-bond donors (Lipinski definition) is 1. The van der Waals surface area contributed by atoms with Crippen molar-refractivity contribution in [2.45, 2.75) is 0 Å². The molecule has 0 spiro atoms. The molecule has 20 heavy (non-hydrogen) atoms. The molecule has 0 aliphatic rings. The minimum Gasteiger partial charge on any atom is -0.346 e. The van der Waals surface area contributed by atoms with Crippen molar-refractivity contribution in [3.8, 4) is 17.2 Å². The highest BCUT2D eigenvalue weighted by Crippen LogP contribution is 2.36. The molecule has 5 heteroatoms. The molecule has 1 heterocycles. The lowest BCUT2D eigenvalue weighted by molar-refractivity contribution is 0.590. The summed E-state index contributed by atoms with van der Waals surface area (Å²) in [5.74, 6) is -1.44. The fourth-order valence-corrected chi connectivity index (χ4v) is 2.42. The largest absolute Gasteiger partial charge is 0.346 e. The van der Waals surface area contributed by atoms with Crippen molar-refractivity contribution in [3.05, 3.63) is 58.7 Å². The summed E-state index contributed by atoms with van der Waals surface area (Å²) >= 11 is 5.93. The molecule has 2 nitrogen and oxygen atoms in total. The Labute approximate surface area is 118 Å². The maximum absolute atomic E-state index is 14.0. The molecule has 0 aliphatic heterocycles. The van der Waals surface area contributed by atoms with Crippen LogP contribution in [0.25, 0.3) is 22.0 Å². The Morgan fingerprint density at radius 3 is 2.40 bits per heavy atom. The number of aromatic amines is 1. The van der Waals surface area contributed by atoms with E-state index >= 15 is 0 Å². The summed E-state index contributed by atoms with van der Waals surface area (Å²) in [6, 6.07) is 10.4. The molecule has 0 fully saturated rings. The van der Waals surface area contributed by atoms with E-state index in [2.05, 4.69) is 4.98 Å². The van der Waals surface area contributed by atoms with Crippen LogP contribution in [-0.4, -0.2) is 4.98 Å². The van der Waals surface area contributed by atoms with Gasteiger partial charge in [0.15, 0.2) is 0 Å². The van der Waals surface area contributed by atoms with Crippen LogP contribution in [0, 0.1) is 23.0 Å². The summed E-state index contributed by atoms with van der Waals surface area (Å²) in [6.07, 6.45) is 0. The van der Waals surface area contributed by atoms with E-state index in [9.17, 15) is 14.0 Å². The molecular weight excluding hydrogens is 282 g/mol. The van der Waals surface area contributed by atoms with E-state index in [0.717, 1.165) is 12.1 Å². The number of fused-ring (bicyclic) bond motifs is 1. The van der Waals surface area contributed by atoms with Gasteiger partial charge >= 0.3 is 0 Å². The lowest BCUT2D eigenvalue weighted by Crippen LogP contribution is -1.91. The SMILES string of the molecule is N#Cc1[nH]c2ccc(Cl)cc2c1-c1c(F)cccc1F. The number of rotatable bonds is 1. The van der Waals surface area contributed by atoms with Gasteiger partial charge in [-0.05, 0) is 30.3 Å². The number of halogens is 3. The van der Waals surface area contributed by atoms with Crippen molar-refractivity contribution in [2.75, 3.05) is 0 Å². The molecule has 0 saturated carbocycles. The summed E-state index contributed by atoms with van der Waals surface area (Å²) in [6.45, 7) is 0. The zero-order valence-electron chi connectivity index (χ0n) is 10.0. The fourth-order valence-electron chi connectivity index (χ4n) is 2.24. The van der Waals surface area contributed by atoms with Gasteiger partial charge < -0.3 is 4.98 Å². The first-order valence-corrected chi connectivity index (χ1v) is 6.15. The standard InChI is InChI=1S/C15H7ClF2N2/c16-8-4-5-12-9(6-8)14(13(7-19)20-12)15-10(17)2-1-3-11(15)18/h1-6,20H. The molecule has 0 radical (unpaired) electrons. The Balaban J connectivity index is 2.47. The Hall–Kier alpha value is -2.38. The molecule has 2 aromatic carbocycles. The Bertz CT molecular complexity index is 842. The maximum atomic E-state index is 14.0. The van der Waals surface area contributed by atoms with Crippen LogP contribution < -0.4 is 0 Å². The zero-order valence-corrected chi connectivity index (χ0v) is 10.8. The molecule has 0 bridgehead atoms. The molecule has 0 saturated heterocycles. The van der Waals surface area contributed by atoms with Crippen molar-refractivity contribution < 1.29 is 8.78 Å². The maximum Gasteiger partial charge on any atom is 0.134 e. The highest BCUT2D eigenvalue weighted by atomic mass is 35.5. The highest BCUT2D eigenvalue weighted by molar-refractivity contribution is 6.31. The van der Waals surface area contributed by atoms with Gasteiger partial charge in [-0.1, -0.05) is 17.7 Å². The third kappa shape index (κ3) is 1.84. The number of hydrogen-bond acceptors (Lipinski definition) is 1. The van der Waals surface area contributed by atoms with Crippen LogP contribution >= 0.6 is 11.6 Å². The number of aromatic nitrogens is 1. The van der Waals surface area contributed by atoms with Gasteiger partial charge in [0.25, 0.3) is 0 Å². The Morgan fingerprint density at radius 1 is 1.05 bits per heavy atom. The number of benzene rings is 2. The summed E-state index contributed by atoms with van der Waals surface area (Å²) < 4.78 is 27.9. The summed E-state index contributed by atoms with van der Waals surface area (Å²) in [4.78, 5) is 2.84. The van der Waals surface area contributed by atoms with Gasteiger partial charge in [-0.25, -0.2) is 8.78 Å². The number of nitrogens with one attached hydrogen (secondary N) is 1. The fraction of sp³-hybridized carbons (Fsp3) is 0. The van der Waals surface area contributed by atoms with Gasteiger partial charge in [-0.3, -0.25) is 0 Å². The van der Waals surface area contributed by atoms with E-state index in [4.69, 9.17) is 11.6 Å². The molecule has 98 valence electrons. The third-order valence-corrected chi connectivity index (χ3v) is 3.32. The number of nitrogens with zero attached hydrogens (tertiary/aromatic N) is 1. The van der Waals surface area contributed by atoms with Crippen LogP contribution in [0.5, 0.6) is 0 Å². The Kier molecular flexibility index (Phi) is 2.92. The van der Waals surface area contributed by atoms with Gasteiger partial charge in [0.05, 0.1) is 5.56 Å². The average molecular weight is 289 g/mol. The van der Waals surface area contributed by atoms with Crippen molar-refractivity contribution in [2.24, 2.45) is 0 Å². The molecule has 1 aromatic heterocycles.